The molecular formula is C19H21ClN4O4S. The second kappa shape index (κ2) is 8.81. The molecule has 1 aliphatic rings. The number of nitrogens with one attached hydrogen (secondary N) is 2. The topological polar surface area (TPSA) is 98.8 Å². The van der Waals surface area contributed by atoms with E-state index >= 15 is 0 Å². The minimum absolute atomic E-state index is 0.175. The maximum Gasteiger partial charge on any atom is 0.336 e. The zero-order valence-electron chi connectivity index (χ0n) is 15.8. The monoisotopic (exact) mass is 436 g/mol. The Hall–Kier alpha value is -2.62. The number of carbonyl (C=O) groups excluding carboxylic acids is 2. The number of amides is 3. The molecule has 1 heterocycles. The van der Waals surface area contributed by atoms with Crippen molar-refractivity contribution in [2.45, 2.75) is 11.8 Å². The van der Waals surface area contributed by atoms with Gasteiger partial charge in [0.15, 0.2) is 0 Å². The molecule has 0 unspecified atom stereocenters. The fourth-order valence-corrected chi connectivity index (χ4v) is 4.40. The summed E-state index contributed by atoms with van der Waals surface area (Å²) in [6, 6.07) is 12.4. The van der Waals surface area contributed by atoms with E-state index in [0.29, 0.717) is 10.6 Å². The van der Waals surface area contributed by atoms with Crippen LogP contribution in [0.4, 0.5) is 4.79 Å². The lowest BCUT2D eigenvalue weighted by atomic mass is 10.2. The largest absolute Gasteiger partial charge is 0.336 e. The third-order valence-corrected chi connectivity index (χ3v) is 6.74. The van der Waals surface area contributed by atoms with Crippen molar-refractivity contribution in [1.29, 1.82) is 0 Å². The van der Waals surface area contributed by atoms with E-state index in [9.17, 15) is 18.0 Å². The van der Waals surface area contributed by atoms with Crippen LogP contribution in [0, 0.1) is 6.92 Å². The van der Waals surface area contributed by atoms with Crippen molar-refractivity contribution in [1.82, 2.24) is 20.1 Å². The molecule has 3 rings (SSSR count). The SMILES string of the molecule is Cc1ccc(S(=O)(=O)N2CCN(C(=O)NNC(=O)c3ccc(Cl)cc3)CC2)cc1. The fourth-order valence-electron chi connectivity index (χ4n) is 2.85. The van der Waals surface area contributed by atoms with Crippen LogP contribution in [0.25, 0.3) is 0 Å². The second-order valence-corrected chi connectivity index (χ2v) is 8.97. The summed E-state index contributed by atoms with van der Waals surface area (Å²) in [5.74, 6) is -0.476. The summed E-state index contributed by atoms with van der Waals surface area (Å²) in [6.45, 7) is 2.67. The van der Waals surface area contributed by atoms with Gasteiger partial charge in [-0.2, -0.15) is 4.31 Å². The molecule has 0 spiro atoms. The third kappa shape index (κ3) is 5.06. The van der Waals surface area contributed by atoms with Gasteiger partial charge >= 0.3 is 6.03 Å². The van der Waals surface area contributed by atoms with Crippen LogP contribution < -0.4 is 10.9 Å². The van der Waals surface area contributed by atoms with Crippen LogP contribution in [0.15, 0.2) is 53.4 Å². The molecule has 154 valence electrons. The predicted octanol–water partition coefficient (Wildman–Crippen LogP) is 2.01. The smallest absolute Gasteiger partial charge is 0.321 e. The number of aryl methyl sites for hydroxylation is 1. The van der Waals surface area contributed by atoms with E-state index in [1.54, 1.807) is 48.5 Å². The fraction of sp³-hybridized carbons (Fsp3) is 0.263. The van der Waals surface area contributed by atoms with E-state index < -0.39 is 22.0 Å². The third-order valence-electron chi connectivity index (χ3n) is 4.57. The normalized spacial score (nSPS) is 15.0. The first kappa shape index (κ1) is 21.1. The zero-order chi connectivity index (χ0) is 21.0. The molecule has 10 heteroatoms. The van der Waals surface area contributed by atoms with Crippen molar-refractivity contribution in [3.05, 3.63) is 64.7 Å². The number of rotatable bonds is 3. The first-order valence-electron chi connectivity index (χ1n) is 8.95. The molecule has 2 aromatic carbocycles. The van der Waals surface area contributed by atoms with Crippen LogP contribution in [-0.2, 0) is 10.0 Å². The first-order chi connectivity index (χ1) is 13.8. The number of nitrogens with zero attached hydrogens (tertiary/aromatic N) is 2. The summed E-state index contributed by atoms with van der Waals surface area (Å²) in [5, 5.41) is 0.504. The number of carbonyl (C=O) groups is 2. The van der Waals surface area contributed by atoms with E-state index in [1.807, 2.05) is 6.92 Å². The lowest BCUT2D eigenvalue weighted by molar-refractivity contribution is 0.0926. The van der Waals surface area contributed by atoms with Gasteiger partial charge in [0, 0.05) is 36.8 Å². The van der Waals surface area contributed by atoms with Gasteiger partial charge in [0.05, 0.1) is 4.90 Å². The molecule has 3 amide bonds. The van der Waals surface area contributed by atoms with Gasteiger partial charge < -0.3 is 4.90 Å². The minimum atomic E-state index is -3.60. The summed E-state index contributed by atoms with van der Waals surface area (Å²) in [6.07, 6.45) is 0. The minimum Gasteiger partial charge on any atom is -0.321 e. The van der Waals surface area contributed by atoms with Gasteiger partial charge in [-0.15, -0.1) is 0 Å². The summed E-state index contributed by atoms with van der Waals surface area (Å²) in [5.41, 5.74) is 6.00. The molecule has 1 saturated heterocycles. The van der Waals surface area contributed by atoms with Gasteiger partial charge in [0.25, 0.3) is 5.91 Å². The van der Waals surface area contributed by atoms with E-state index in [4.69, 9.17) is 11.6 Å². The highest BCUT2D eigenvalue weighted by Gasteiger charge is 2.30. The average Bonchev–Trinajstić information content (AvgIpc) is 2.72. The molecule has 1 aliphatic heterocycles. The molecule has 2 aromatic rings. The maximum absolute atomic E-state index is 12.7. The predicted molar refractivity (Wildman–Crippen MR) is 109 cm³/mol. The van der Waals surface area contributed by atoms with Crippen molar-refractivity contribution in [2.24, 2.45) is 0 Å². The Bertz CT molecular complexity index is 986. The number of urea groups is 1. The number of sulfonamides is 1. The van der Waals surface area contributed by atoms with Gasteiger partial charge in [-0.1, -0.05) is 29.3 Å². The Morgan fingerprint density at radius 1 is 0.897 bits per heavy atom. The van der Waals surface area contributed by atoms with E-state index in [2.05, 4.69) is 10.9 Å². The number of piperazine rings is 1. The van der Waals surface area contributed by atoms with Crippen LogP contribution in [0.3, 0.4) is 0 Å². The Morgan fingerprint density at radius 3 is 2.07 bits per heavy atom. The van der Waals surface area contributed by atoms with Crippen molar-refractivity contribution >= 4 is 33.6 Å². The number of benzene rings is 2. The highest BCUT2D eigenvalue weighted by molar-refractivity contribution is 7.89. The van der Waals surface area contributed by atoms with Gasteiger partial charge in [-0.3, -0.25) is 10.2 Å². The van der Waals surface area contributed by atoms with Crippen molar-refractivity contribution in [3.8, 4) is 0 Å². The summed E-state index contributed by atoms with van der Waals surface area (Å²) in [7, 11) is -3.60. The Balaban J connectivity index is 1.52. The summed E-state index contributed by atoms with van der Waals surface area (Å²) >= 11 is 5.78. The molecule has 0 aromatic heterocycles. The van der Waals surface area contributed by atoms with Crippen molar-refractivity contribution < 1.29 is 18.0 Å². The lowest BCUT2D eigenvalue weighted by Gasteiger charge is -2.33. The van der Waals surface area contributed by atoms with Crippen LogP contribution in [0.5, 0.6) is 0 Å². The van der Waals surface area contributed by atoms with Gasteiger partial charge in [0.1, 0.15) is 0 Å². The molecule has 0 atom stereocenters. The van der Waals surface area contributed by atoms with E-state index in [-0.39, 0.29) is 31.1 Å². The van der Waals surface area contributed by atoms with Crippen molar-refractivity contribution in [3.63, 3.8) is 0 Å². The Labute approximate surface area is 174 Å². The number of hydrogen-bond acceptors (Lipinski definition) is 4. The Kier molecular flexibility index (Phi) is 6.41. The Morgan fingerprint density at radius 2 is 1.48 bits per heavy atom. The second-order valence-electron chi connectivity index (χ2n) is 6.60. The molecule has 0 aliphatic carbocycles. The molecule has 0 radical (unpaired) electrons. The van der Waals surface area contributed by atoms with Gasteiger partial charge in [0.2, 0.25) is 10.0 Å². The molecule has 8 nitrogen and oxygen atoms in total. The van der Waals surface area contributed by atoms with Crippen molar-refractivity contribution in [2.75, 3.05) is 26.2 Å². The lowest BCUT2D eigenvalue weighted by Crippen LogP contribution is -2.56. The van der Waals surface area contributed by atoms with E-state index in [1.165, 1.54) is 9.21 Å². The zero-order valence-corrected chi connectivity index (χ0v) is 17.3. The number of hydrogen-bond donors (Lipinski definition) is 2. The summed E-state index contributed by atoms with van der Waals surface area (Å²) in [4.78, 5) is 26.0. The molecule has 0 bridgehead atoms. The molecule has 1 fully saturated rings. The molecule has 0 saturated carbocycles. The van der Waals surface area contributed by atoms with Crippen LogP contribution in [-0.4, -0.2) is 55.7 Å². The molecule has 29 heavy (non-hydrogen) atoms. The standard InChI is InChI=1S/C19H21ClN4O4S/c1-14-2-8-17(9-3-14)29(27,28)24-12-10-23(11-13-24)19(26)22-21-18(25)15-4-6-16(20)7-5-15/h2-9H,10-13H2,1H3,(H,21,25)(H,22,26). The maximum atomic E-state index is 12.7. The van der Waals surface area contributed by atoms with Crippen LogP contribution >= 0.6 is 11.6 Å². The van der Waals surface area contributed by atoms with E-state index in [0.717, 1.165) is 5.56 Å². The molecule has 2 N–H and O–H groups in total. The highest BCUT2D eigenvalue weighted by atomic mass is 35.5. The quantitative estimate of drug-likeness (QED) is 0.719. The average molecular weight is 437 g/mol. The number of halogens is 1. The van der Waals surface area contributed by atoms with Gasteiger partial charge in [-0.25, -0.2) is 18.6 Å². The van der Waals surface area contributed by atoms with Crippen LogP contribution in [0.2, 0.25) is 5.02 Å². The molecular weight excluding hydrogens is 416 g/mol. The first-order valence-corrected chi connectivity index (χ1v) is 10.8. The van der Waals surface area contributed by atoms with Gasteiger partial charge in [-0.05, 0) is 43.3 Å². The summed E-state index contributed by atoms with van der Waals surface area (Å²) < 4.78 is 26.8. The van der Waals surface area contributed by atoms with Crippen LogP contribution in [0.1, 0.15) is 15.9 Å². The highest BCUT2D eigenvalue weighted by Crippen LogP contribution is 2.18. The number of hydrazine groups is 1.